The van der Waals surface area contributed by atoms with E-state index < -0.39 is 0 Å². The largest absolute Gasteiger partial charge is 0.378 e. The average Bonchev–Trinajstić information content (AvgIpc) is 3.13. The molecule has 2 saturated heterocycles. The first kappa shape index (κ1) is 17.2. The Labute approximate surface area is 163 Å². The van der Waals surface area contributed by atoms with Crippen LogP contribution in [0.25, 0.3) is 16.6 Å². The van der Waals surface area contributed by atoms with Crippen molar-refractivity contribution < 1.29 is 4.74 Å². The predicted molar refractivity (Wildman–Crippen MR) is 106 cm³/mol. The molecule has 0 amide bonds. The topological polar surface area (TPSA) is 48.1 Å². The predicted octanol–water partition coefficient (Wildman–Crippen LogP) is 3.38. The van der Waals surface area contributed by atoms with Crippen LogP contribution in [0.4, 0.5) is 0 Å². The van der Waals surface area contributed by atoms with Gasteiger partial charge in [-0.2, -0.15) is 10.2 Å². The maximum Gasteiger partial charge on any atom is 0.103 e. The Kier molecular flexibility index (Phi) is 4.42. The SMILES string of the molecule is Cn1cc(-n2ncc3cc(Cl)c(C4CCCN(C5COC5)CC4)cc32)cn1. The lowest BCUT2D eigenvalue weighted by atomic mass is 9.91. The molecule has 2 aromatic heterocycles. The summed E-state index contributed by atoms with van der Waals surface area (Å²) in [5, 5.41) is 10.8. The van der Waals surface area contributed by atoms with Gasteiger partial charge in [0.1, 0.15) is 5.69 Å². The van der Waals surface area contributed by atoms with Gasteiger partial charge < -0.3 is 4.74 Å². The van der Waals surface area contributed by atoms with Crippen LogP contribution in [0.3, 0.4) is 0 Å². The number of fused-ring (bicyclic) bond motifs is 1. The molecule has 1 atom stereocenters. The first-order chi connectivity index (χ1) is 13.2. The van der Waals surface area contributed by atoms with Gasteiger partial charge in [0.05, 0.1) is 43.4 Å². The minimum atomic E-state index is 0.491. The van der Waals surface area contributed by atoms with Gasteiger partial charge in [0.15, 0.2) is 0 Å². The van der Waals surface area contributed by atoms with E-state index in [2.05, 4.69) is 27.2 Å². The number of aromatic nitrogens is 4. The van der Waals surface area contributed by atoms with Crippen LogP contribution < -0.4 is 0 Å². The van der Waals surface area contributed by atoms with Crippen molar-refractivity contribution in [3.8, 4) is 5.69 Å². The van der Waals surface area contributed by atoms with Crippen molar-refractivity contribution in [2.75, 3.05) is 26.3 Å². The molecule has 2 fully saturated rings. The third-order valence-corrected chi connectivity index (χ3v) is 6.29. The van der Waals surface area contributed by atoms with Gasteiger partial charge >= 0.3 is 0 Å². The maximum atomic E-state index is 6.70. The lowest BCUT2D eigenvalue weighted by Crippen LogP contribution is -2.49. The molecule has 3 aromatic rings. The summed E-state index contributed by atoms with van der Waals surface area (Å²) >= 11 is 6.70. The highest BCUT2D eigenvalue weighted by molar-refractivity contribution is 6.32. The molecule has 1 unspecified atom stereocenters. The van der Waals surface area contributed by atoms with Crippen LogP contribution in [0, 0.1) is 0 Å². The fourth-order valence-electron chi connectivity index (χ4n) is 4.33. The third kappa shape index (κ3) is 3.16. The molecule has 0 saturated carbocycles. The fourth-order valence-corrected chi connectivity index (χ4v) is 4.65. The molecule has 7 heteroatoms. The third-order valence-electron chi connectivity index (χ3n) is 5.96. The van der Waals surface area contributed by atoms with Gasteiger partial charge in [-0.05, 0) is 56.0 Å². The standard InChI is InChI=1S/C20H24ClN5O/c1-24-11-16(10-22-24)26-20-8-18(19(21)7-15(20)9-23-26)14-3-2-5-25(6-4-14)17-12-27-13-17/h7-11,14,17H,2-6,12-13H2,1H3. The lowest BCUT2D eigenvalue weighted by Gasteiger charge is -2.36. The highest BCUT2D eigenvalue weighted by Gasteiger charge is 2.29. The van der Waals surface area contributed by atoms with Crippen molar-refractivity contribution in [2.45, 2.75) is 31.2 Å². The molecular weight excluding hydrogens is 362 g/mol. The molecule has 1 aromatic carbocycles. The smallest absolute Gasteiger partial charge is 0.103 e. The summed E-state index contributed by atoms with van der Waals surface area (Å²) in [5.41, 5.74) is 3.32. The number of rotatable bonds is 3. The molecular formula is C20H24ClN5O. The molecule has 142 valence electrons. The second-order valence-corrected chi connectivity index (χ2v) is 8.12. The monoisotopic (exact) mass is 385 g/mol. The zero-order valence-corrected chi connectivity index (χ0v) is 16.3. The van der Waals surface area contributed by atoms with Crippen molar-refractivity contribution in [2.24, 2.45) is 7.05 Å². The number of ether oxygens (including phenoxy) is 1. The number of aryl methyl sites for hydroxylation is 1. The van der Waals surface area contributed by atoms with Gasteiger partial charge in [-0.1, -0.05) is 11.6 Å². The number of benzene rings is 1. The summed E-state index contributed by atoms with van der Waals surface area (Å²) in [7, 11) is 1.92. The second kappa shape index (κ2) is 6.93. The molecule has 27 heavy (non-hydrogen) atoms. The molecule has 0 aliphatic carbocycles. The van der Waals surface area contributed by atoms with Gasteiger partial charge in [0.2, 0.25) is 0 Å². The Hall–Kier alpha value is -1.89. The van der Waals surface area contributed by atoms with E-state index in [0.717, 1.165) is 54.3 Å². The summed E-state index contributed by atoms with van der Waals surface area (Å²) in [4.78, 5) is 2.59. The van der Waals surface area contributed by atoms with Crippen molar-refractivity contribution in [3.63, 3.8) is 0 Å². The zero-order chi connectivity index (χ0) is 18.4. The number of hydrogen-bond acceptors (Lipinski definition) is 4. The van der Waals surface area contributed by atoms with Crippen molar-refractivity contribution in [1.29, 1.82) is 0 Å². The molecule has 2 aliphatic heterocycles. The molecule has 2 aliphatic rings. The van der Waals surface area contributed by atoms with Gasteiger partial charge in [-0.25, -0.2) is 4.68 Å². The van der Waals surface area contributed by atoms with Crippen LogP contribution in [0.15, 0.2) is 30.7 Å². The minimum absolute atomic E-state index is 0.491. The Morgan fingerprint density at radius 3 is 2.74 bits per heavy atom. The van der Waals surface area contributed by atoms with Gasteiger partial charge in [0, 0.05) is 17.5 Å². The zero-order valence-electron chi connectivity index (χ0n) is 15.5. The van der Waals surface area contributed by atoms with Crippen LogP contribution in [0.5, 0.6) is 0 Å². The van der Waals surface area contributed by atoms with E-state index in [0.29, 0.717) is 12.0 Å². The van der Waals surface area contributed by atoms with Crippen LogP contribution in [0.2, 0.25) is 5.02 Å². The first-order valence-electron chi connectivity index (χ1n) is 9.67. The second-order valence-electron chi connectivity index (χ2n) is 7.72. The van der Waals surface area contributed by atoms with Gasteiger partial charge in [0.25, 0.3) is 0 Å². The van der Waals surface area contributed by atoms with Gasteiger partial charge in [-0.3, -0.25) is 9.58 Å². The highest BCUT2D eigenvalue weighted by atomic mass is 35.5. The molecule has 6 nitrogen and oxygen atoms in total. The molecule has 0 bridgehead atoms. The van der Waals surface area contributed by atoms with E-state index >= 15 is 0 Å². The number of likely N-dealkylation sites (tertiary alicyclic amines) is 1. The van der Waals surface area contributed by atoms with Crippen molar-refractivity contribution >= 4 is 22.5 Å². The van der Waals surface area contributed by atoms with Crippen molar-refractivity contribution in [3.05, 3.63) is 41.3 Å². The van der Waals surface area contributed by atoms with E-state index in [1.165, 1.54) is 18.4 Å². The van der Waals surface area contributed by atoms with E-state index in [-0.39, 0.29) is 0 Å². The minimum Gasteiger partial charge on any atom is -0.378 e. The van der Waals surface area contributed by atoms with Crippen molar-refractivity contribution in [1.82, 2.24) is 24.5 Å². The average molecular weight is 386 g/mol. The van der Waals surface area contributed by atoms with Crippen LogP contribution >= 0.6 is 11.6 Å². The maximum absolute atomic E-state index is 6.70. The Balaban J connectivity index is 1.46. The molecule has 4 heterocycles. The summed E-state index contributed by atoms with van der Waals surface area (Å²) < 4.78 is 9.13. The summed E-state index contributed by atoms with van der Waals surface area (Å²) in [6, 6.07) is 4.92. The summed E-state index contributed by atoms with van der Waals surface area (Å²) in [6.45, 7) is 4.07. The quantitative estimate of drug-likeness (QED) is 0.693. The van der Waals surface area contributed by atoms with Crippen LogP contribution in [-0.2, 0) is 11.8 Å². The Morgan fingerprint density at radius 2 is 2.00 bits per heavy atom. The molecule has 0 N–H and O–H groups in total. The fraction of sp³-hybridized carbons (Fsp3) is 0.500. The van der Waals surface area contributed by atoms with E-state index in [4.69, 9.17) is 16.3 Å². The van der Waals surface area contributed by atoms with E-state index in [1.807, 2.05) is 30.3 Å². The molecule has 0 radical (unpaired) electrons. The number of nitrogens with zero attached hydrogens (tertiary/aromatic N) is 5. The Bertz CT molecular complexity index is 961. The Morgan fingerprint density at radius 1 is 1.11 bits per heavy atom. The normalized spacial score (nSPS) is 22.1. The molecule has 5 rings (SSSR count). The van der Waals surface area contributed by atoms with Gasteiger partial charge in [-0.15, -0.1) is 0 Å². The van der Waals surface area contributed by atoms with Crippen LogP contribution in [-0.4, -0.2) is 56.8 Å². The number of hydrogen-bond donors (Lipinski definition) is 0. The number of halogens is 1. The summed E-state index contributed by atoms with van der Waals surface area (Å²) in [5.74, 6) is 0.491. The van der Waals surface area contributed by atoms with E-state index in [9.17, 15) is 0 Å². The van der Waals surface area contributed by atoms with Crippen LogP contribution in [0.1, 0.15) is 30.7 Å². The summed E-state index contributed by atoms with van der Waals surface area (Å²) in [6.07, 6.45) is 9.22. The first-order valence-corrected chi connectivity index (χ1v) is 10.0. The lowest BCUT2D eigenvalue weighted by molar-refractivity contribution is -0.0637. The highest BCUT2D eigenvalue weighted by Crippen LogP contribution is 2.36. The molecule has 0 spiro atoms. The van der Waals surface area contributed by atoms with E-state index in [1.54, 1.807) is 4.68 Å².